The van der Waals surface area contributed by atoms with Crippen molar-refractivity contribution in [1.82, 2.24) is 5.16 Å². The van der Waals surface area contributed by atoms with Crippen LogP contribution in [0.4, 0.5) is 0 Å². The summed E-state index contributed by atoms with van der Waals surface area (Å²) in [5.41, 5.74) is 4.04. The molecule has 0 saturated carbocycles. The molecule has 3 rings (SSSR count). The lowest BCUT2D eigenvalue weighted by atomic mass is 9.85. The number of rotatable bonds is 1. The molecule has 1 aromatic heterocycles. The summed E-state index contributed by atoms with van der Waals surface area (Å²) in [6.45, 7) is 4.35. The molecule has 0 spiro atoms. The maximum Gasteiger partial charge on any atom is 0.288 e. The van der Waals surface area contributed by atoms with Crippen LogP contribution >= 0.6 is 0 Å². The fourth-order valence-electron chi connectivity index (χ4n) is 2.43. The third kappa shape index (κ3) is 1.63. The van der Waals surface area contributed by atoms with Gasteiger partial charge in [0.05, 0.1) is 5.39 Å². The van der Waals surface area contributed by atoms with Gasteiger partial charge in [-0.2, -0.15) is 5.16 Å². The molecule has 18 heavy (non-hydrogen) atoms. The van der Waals surface area contributed by atoms with E-state index in [1.54, 1.807) is 0 Å². The molecule has 1 atom stereocenters. The third-order valence-electron chi connectivity index (χ3n) is 3.70. The first-order valence-corrected chi connectivity index (χ1v) is 6.14. The quantitative estimate of drug-likeness (QED) is 0.830. The summed E-state index contributed by atoms with van der Waals surface area (Å²) in [5, 5.41) is 3.06. The highest BCUT2D eigenvalue weighted by Gasteiger charge is 2.17. The minimum atomic E-state index is -0.152. The molecule has 1 aromatic carbocycles. The first-order valence-electron chi connectivity index (χ1n) is 6.14. The number of hydrogen-bond donors (Lipinski definition) is 1. The van der Waals surface area contributed by atoms with Crippen molar-refractivity contribution in [2.75, 3.05) is 0 Å². The monoisotopic (exact) mass is 241 g/mol. The molecule has 1 aliphatic rings. The Morgan fingerprint density at radius 1 is 1.33 bits per heavy atom. The maximum atomic E-state index is 11.8. The van der Waals surface area contributed by atoms with E-state index >= 15 is 0 Å². The number of benzene rings is 1. The lowest BCUT2D eigenvalue weighted by Gasteiger charge is -2.19. The smallest absolute Gasteiger partial charge is 0.288 e. The summed E-state index contributed by atoms with van der Waals surface area (Å²) in [6, 6.07) is 5.72. The molecule has 1 aliphatic carbocycles. The first-order chi connectivity index (χ1) is 8.66. The average Bonchev–Trinajstić information content (AvgIpc) is 2.75. The van der Waals surface area contributed by atoms with E-state index in [-0.39, 0.29) is 5.56 Å². The second kappa shape index (κ2) is 4.02. The molecule has 1 unspecified atom stereocenters. The summed E-state index contributed by atoms with van der Waals surface area (Å²) in [7, 11) is 0. The number of aromatic amines is 1. The van der Waals surface area contributed by atoms with Gasteiger partial charge in [0.25, 0.3) is 5.56 Å². The van der Waals surface area contributed by atoms with Crippen LogP contribution in [0.15, 0.2) is 45.2 Å². The van der Waals surface area contributed by atoms with E-state index in [2.05, 4.69) is 31.2 Å². The number of nitrogens with one attached hydrogen (secondary N) is 1. The fraction of sp³-hybridized carbons (Fsp3) is 0.267. The Morgan fingerprint density at radius 3 is 2.94 bits per heavy atom. The second-order valence-electron chi connectivity index (χ2n) is 4.92. The molecule has 0 saturated heterocycles. The van der Waals surface area contributed by atoms with Gasteiger partial charge in [-0.1, -0.05) is 36.8 Å². The Balaban J connectivity index is 2.22. The molecular formula is C15H15NO2. The molecule has 1 N–H and O–H groups in total. The van der Waals surface area contributed by atoms with Crippen molar-refractivity contribution in [3.05, 3.63) is 51.8 Å². The number of H-pyrrole nitrogens is 1. The van der Waals surface area contributed by atoms with Crippen LogP contribution < -0.4 is 5.56 Å². The summed E-state index contributed by atoms with van der Waals surface area (Å²) < 4.78 is 5.15. The summed E-state index contributed by atoms with van der Waals surface area (Å²) in [6.07, 6.45) is 5.21. The highest BCUT2D eigenvalue weighted by molar-refractivity contribution is 5.90. The lowest BCUT2D eigenvalue weighted by molar-refractivity contribution is 0.449. The molecule has 1 heterocycles. The zero-order valence-corrected chi connectivity index (χ0v) is 10.5. The SMILES string of the molecule is CC1=CC=C(c2cccc3o[nH]c(=O)c23)CC1C. The van der Waals surface area contributed by atoms with Crippen LogP contribution in [0.1, 0.15) is 25.8 Å². The second-order valence-corrected chi connectivity index (χ2v) is 4.92. The Hall–Kier alpha value is -2.03. The van der Waals surface area contributed by atoms with E-state index in [1.807, 2.05) is 18.2 Å². The molecule has 2 aromatic rings. The Kier molecular flexibility index (Phi) is 2.47. The molecule has 0 aliphatic heterocycles. The molecule has 92 valence electrons. The number of hydrogen-bond acceptors (Lipinski definition) is 2. The molecule has 0 radical (unpaired) electrons. The van der Waals surface area contributed by atoms with Crippen molar-refractivity contribution >= 4 is 16.5 Å². The molecule has 0 fully saturated rings. The predicted octanol–water partition coefficient (Wildman–Crippen LogP) is 3.49. The molecule has 3 nitrogen and oxygen atoms in total. The standard InChI is InChI=1S/C15H15NO2/c1-9-6-7-11(8-10(9)2)12-4-3-5-13-14(12)15(17)16-18-13/h3-7,10H,8H2,1-2H3,(H,16,17). The summed E-state index contributed by atoms with van der Waals surface area (Å²) >= 11 is 0. The van der Waals surface area contributed by atoms with Crippen LogP contribution in [0.5, 0.6) is 0 Å². The van der Waals surface area contributed by atoms with Gasteiger partial charge in [-0.25, -0.2) is 0 Å². The third-order valence-corrected chi connectivity index (χ3v) is 3.70. The minimum absolute atomic E-state index is 0.152. The lowest BCUT2D eigenvalue weighted by Crippen LogP contribution is -2.05. The van der Waals surface area contributed by atoms with E-state index < -0.39 is 0 Å². The van der Waals surface area contributed by atoms with Gasteiger partial charge in [0.15, 0.2) is 5.58 Å². The maximum absolute atomic E-state index is 11.8. The van der Waals surface area contributed by atoms with E-state index in [0.29, 0.717) is 16.9 Å². The fourth-order valence-corrected chi connectivity index (χ4v) is 2.43. The predicted molar refractivity (Wildman–Crippen MR) is 72.3 cm³/mol. The highest BCUT2D eigenvalue weighted by atomic mass is 16.5. The number of fused-ring (bicyclic) bond motifs is 1. The number of aromatic nitrogens is 1. The van der Waals surface area contributed by atoms with E-state index in [4.69, 9.17) is 4.52 Å². The van der Waals surface area contributed by atoms with Crippen LogP contribution in [0, 0.1) is 5.92 Å². The Morgan fingerprint density at radius 2 is 2.17 bits per heavy atom. The van der Waals surface area contributed by atoms with Crippen LogP contribution in [0.3, 0.4) is 0 Å². The molecular weight excluding hydrogens is 226 g/mol. The van der Waals surface area contributed by atoms with Crippen LogP contribution in [0.25, 0.3) is 16.5 Å². The van der Waals surface area contributed by atoms with Crippen molar-refractivity contribution < 1.29 is 4.52 Å². The van der Waals surface area contributed by atoms with E-state index in [1.165, 1.54) is 11.1 Å². The van der Waals surface area contributed by atoms with Gasteiger partial charge >= 0.3 is 0 Å². The van der Waals surface area contributed by atoms with Crippen molar-refractivity contribution in [3.63, 3.8) is 0 Å². The largest absolute Gasteiger partial charge is 0.378 e. The van der Waals surface area contributed by atoms with Crippen molar-refractivity contribution in [2.45, 2.75) is 20.3 Å². The van der Waals surface area contributed by atoms with Crippen LogP contribution in [-0.2, 0) is 0 Å². The van der Waals surface area contributed by atoms with Gasteiger partial charge in [0.2, 0.25) is 0 Å². The normalized spacial score (nSPS) is 19.8. The minimum Gasteiger partial charge on any atom is -0.378 e. The van der Waals surface area contributed by atoms with Gasteiger partial charge < -0.3 is 4.52 Å². The van der Waals surface area contributed by atoms with E-state index in [0.717, 1.165) is 12.0 Å². The van der Waals surface area contributed by atoms with Crippen molar-refractivity contribution in [2.24, 2.45) is 5.92 Å². The Bertz CT molecular complexity index is 715. The van der Waals surface area contributed by atoms with Gasteiger partial charge in [-0.05, 0) is 36.5 Å². The van der Waals surface area contributed by atoms with Gasteiger partial charge in [0, 0.05) is 0 Å². The Labute approximate surface area is 105 Å². The van der Waals surface area contributed by atoms with Crippen molar-refractivity contribution in [3.8, 4) is 0 Å². The van der Waals surface area contributed by atoms with Gasteiger partial charge in [0.1, 0.15) is 0 Å². The van der Waals surface area contributed by atoms with Crippen LogP contribution in [-0.4, -0.2) is 5.16 Å². The number of allylic oxidation sites excluding steroid dienone is 4. The highest BCUT2D eigenvalue weighted by Crippen LogP contribution is 2.33. The summed E-state index contributed by atoms with van der Waals surface area (Å²) in [5.74, 6) is 0.520. The average molecular weight is 241 g/mol. The summed E-state index contributed by atoms with van der Waals surface area (Å²) in [4.78, 5) is 11.8. The molecule has 0 bridgehead atoms. The zero-order chi connectivity index (χ0) is 12.7. The van der Waals surface area contributed by atoms with Gasteiger partial charge in [-0.3, -0.25) is 4.79 Å². The van der Waals surface area contributed by atoms with E-state index in [9.17, 15) is 4.79 Å². The topological polar surface area (TPSA) is 46.0 Å². The first kappa shape index (κ1) is 11.1. The van der Waals surface area contributed by atoms with Crippen LogP contribution in [0.2, 0.25) is 0 Å². The van der Waals surface area contributed by atoms with Crippen molar-refractivity contribution in [1.29, 1.82) is 0 Å². The van der Waals surface area contributed by atoms with Gasteiger partial charge in [-0.15, -0.1) is 0 Å². The molecule has 0 amide bonds. The molecule has 3 heteroatoms. The zero-order valence-electron chi connectivity index (χ0n) is 10.5.